The number of carbonyl (C=O) groups excluding carboxylic acids is 2. The van der Waals surface area contributed by atoms with Crippen LogP contribution in [-0.2, 0) is 9.59 Å². The predicted molar refractivity (Wildman–Crippen MR) is 110 cm³/mol. The van der Waals surface area contributed by atoms with E-state index < -0.39 is 17.7 Å². The summed E-state index contributed by atoms with van der Waals surface area (Å²) >= 11 is 12.4. The molecule has 1 atom stereocenters. The Morgan fingerprint density at radius 3 is 2.39 bits per heavy atom. The highest BCUT2D eigenvalue weighted by atomic mass is 35.5. The molecular weight excluding hydrogens is 399 g/mol. The topological polar surface area (TPSA) is 60.9 Å². The monoisotopic (exact) mass is 418 g/mol. The molecule has 5 nitrogen and oxygen atoms in total. The van der Waals surface area contributed by atoms with Crippen LogP contribution < -0.4 is 0 Å². The van der Waals surface area contributed by atoms with Crippen LogP contribution in [0.4, 0.5) is 0 Å². The number of carbonyl (C=O) groups is 2. The Balaban J connectivity index is 2.18. The molecule has 1 heterocycles. The van der Waals surface area contributed by atoms with Crippen LogP contribution in [0.5, 0.6) is 0 Å². The van der Waals surface area contributed by atoms with Gasteiger partial charge in [0.05, 0.1) is 11.6 Å². The fourth-order valence-corrected chi connectivity index (χ4v) is 3.73. The van der Waals surface area contributed by atoms with E-state index in [0.29, 0.717) is 34.3 Å². The number of aliphatic hydroxyl groups excluding tert-OH is 1. The summed E-state index contributed by atoms with van der Waals surface area (Å²) in [7, 11) is 3.76. The molecule has 3 rings (SSSR count). The van der Waals surface area contributed by atoms with Crippen molar-refractivity contribution in [3.05, 3.63) is 75.3 Å². The van der Waals surface area contributed by atoms with Crippen molar-refractivity contribution in [3.63, 3.8) is 0 Å². The van der Waals surface area contributed by atoms with Crippen LogP contribution in [0.3, 0.4) is 0 Å². The maximum Gasteiger partial charge on any atom is 0.295 e. The molecule has 28 heavy (non-hydrogen) atoms. The summed E-state index contributed by atoms with van der Waals surface area (Å²) in [4.78, 5) is 29.0. The Morgan fingerprint density at radius 2 is 1.79 bits per heavy atom. The first-order chi connectivity index (χ1) is 13.3. The number of hydrogen-bond acceptors (Lipinski definition) is 4. The van der Waals surface area contributed by atoms with Crippen molar-refractivity contribution in [2.45, 2.75) is 6.04 Å². The number of hydrogen-bond donors (Lipinski definition) is 1. The van der Waals surface area contributed by atoms with Crippen molar-refractivity contribution in [2.75, 3.05) is 27.2 Å². The lowest BCUT2D eigenvalue weighted by Gasteiger charge is -2.27. The lowest BCUT2D eigenvalue weighted by molar-refractivity contribution is -0.140. The molecule has 0 unspecified atom stereocenters. The second-order valence-corrected chi connectivity index (χ2v) is 7.67. The molecule has 1 fully saturated rings. The van der Waals surface area contributed by atoms with Gasteiger partial charge >= 0.3 is 0 Å². The van der Waals surface area contributed by atoms with Gasteiger partial charge in [-0.2, -0.15) is 0 Å². The molecule has 2 aromatic carbocycles. The van der Waals surface area contributed by atoms with Crippen LogP contribution in [0.2, 0.25) is 10.0 Å². The first-order valence-corrected chi connectivity index (χ1v) is 9.50. The van der Waals surface area contributed by atoms with Crippen molar-refractivity contribution in [3.8, 4) is 0 Å². The van der Waals surface area contributed by atoms with Gasteiger partial charge in [0.15, 0.2) is 0 Å². The van der Waals surface area contributed by atoms with Crippen LogP contribution in [-0.4, -0.2) is 53.8 Å². The minimum atomic E-state index is -0.787. The number of aliphatic hydroxyl groups is 1. The highest BCUT2D eigenvalue weighted by Crippen LogP contribution is 2.42. The zero-order chi connectivity index (χ0) is 20.4. The van der Waals surface area contributed by atoms with Gasteiger partial charge in [-0.25, -0.2) is 0 Å². The minimum absolute atomic E-state index is 0.0270. The fraction of sp³-hybridized carbons (Fsp3) is 0.238. The third kappa shape index (κ3) is 3.92. The van der Waals surface area contributed by atoms with Crippen LogP contribution in [0.25, 0.3) is 5.76 Å². The van der Waals surface area contributed by atoms with Gasteiger partial charge in [0.25, 0.3) is 11.7 Å². The second kappa shape index (κ2) is 8.35. The number of Topliss-reactive ketones (excluding diaryl/α,β-unsaturated/α-hetero) is 1. The normalized spacial score (nSPS) is 18.9. The average molecular weight is 419 g/mol. The smallest absolute Gasteiger partial charge is 0.295 e. The number of halogens is 2. The Labute approximate surface area is 173 Å². The van der Waals surface area contributed by atoms with Crippen LogP contribution in [0.1, 0.15) is 17.2 Å². The van der Waals surface area contributed by atoms with Crippen molar-refractivity contribution in [1.82, 2.24) is 9.80 Å². The Morgan fingerprint density at radius 1 is 1.11 bits per heavy atom. The van der Waals surface area contributed by atoms with E-state index in [4.69, 9.17) is 23.2 Å². The molecule has 0 aromatic heterocycles. The highest BCUT2D eigenvalue weighted by Gasteiger charge is 2.46. The Hall–Kier alpha value is -2.34. The summed E-state index contributed by atoms with van der Waals surface area (Å²) in [6.45, 7) is 0.868. The number of benzene rings is 2. The largest absolute Gasteiger partial charge is 0.507 e. The van der Waals surface area contributed by atoms with E-state index in [1.54, 1.807) is 48.5 Å². The molecule has 7 heteroatoms. The zero-order valence-electron chi connectivity index (χ0n) is 15.5. The molecule has 0 aliphatic carbocycles. The standard InChI is InChI=1S/C21H20Cl2N2O3/c1-24(2)10-11-25-18(15-9-8-14(22)12-16(15)23)17(20(27)21(25)28)19(26)13-6-4-3-5-7-13/h3-9,12,18,26H,10-11H2,1-2H3/b19-17+/t18-/m1/s1. The van der Waals surface area contributed by atoms with Crippen LogP contribution >= 0.6 is 23.2 Å². The van der Waals surface area contributed by atoms with Gasteiger partial charge in [-0.3, -0.25) is 9.59 Å². The summed E-state index contributed by atoms with van der Waals surface area (Å²) in [6, 6.07) is 12.8. The molecule has 1 saturated heterocycles. The highest BCUT2D eigenvalue weighted by molar-refractivity contribution is 6.47. The molecule has 0 saturated carbocycles. The summed E-state index contributed by atoms with van der Waals surface area (Å²) in [6.07, 6.45) is 0. The van der Waals surface area contributed by atoms with Gasteiger partial charge in [0, 0.05) is 28.7 Å². The average Bonchev–Trinajstić information content (AvgIpc) is 2.91. The molecule has 1 amide bonds. The quantitative estimate of drug-likeness (QED) is 0.453. The van der Waals surface area contributed by atoms with Crippen molar-refractivity contribution in [1.29, 1.82) is 0 Å². The van der Waals surface area contributed by atoms with E-state index in [1.807, 2.05) is 19.0 Å². The number of nitrogens with zero attached hydrogens (tertiary/aromatic N) is 2. The third-order valence-corrected chi connectivity index (χ3v) is 5.19. The third-order valence-electron chi connectivity index (χ3n) is 4.63. The van der Waals surface area contributed by atoms with E-state index in [2.05, 4.69) is 0 Å². The van der Waals surface area contributed by atoms with Gasteiger partial charge < -0.3 is 14.9 Å². The summed E-state index contributed by atoms with van der Waals surface area (Å²) in [5.74, 6) is -1.60. The lowest BCUT2D eigenvalue weighted by atomic mass is 9.95. The first kappa shape index (κ1) is 20.4. The Bertz CT molecular complexity index is 942. The van der Waals surface area contributed by atoms with Crippen LogP contribution in [0.15, 0.2) is 54.1 Å². The first-order valence-electron chi connectivity index (χ1n) is 8.74. The number of likely N-dealkylation sites (tertiary alicyclic amines) is 1. The van der Waals surface area contributed by atoms with Gasteiger partial charge in [0.2, 0.25) is 0 Å². The van der Waals surface area contributed by atoms with Crippen molar-refractivity contribution >= 4 is 40.7 Å². The van der Waals surface area contributed by atoms with E-state index in [1.165, 1.54) is 4.90 Å². The Kier molecular flexibility index (Phi) is 6.08. The predicted octanol–water partition coefficient (Wildman–Crippen LogP) is 3.98. The maximum atomic E-state index is 12.8. The maximum absolute atomic E-state index is 12.8. The van der Waals surface area contributed by atoms with E-state index in [0.717, 1.165) is 0 Å². The molecule has 1 aliphatic heterocycles. The van der Waals surface area contributed by atoms with Gasteiger partial charge in [-0.1, -0.05) is 59.6 Å². The molecule has 1 N–H and O–H groups in total. The number of ketones is 1. The molecule has 2 aromatic rings. The molecule has 1 aliphatic rings. The summed E-state index contributed by atoms with van der Waals surface area (Å²) in [5, 5.41) is 11.7. The molecule has 0 spiro atoms. The number of amides is 1. The fourth-order valence-electron chi connectivity index (χ4n) is 3.22. The van der Waals surface area contributed by atoms with E-state index >= 15 is 0 Å². The van der Waals surface area contributed by atoms with E-state index in [9.17, 15) is 14.7 Å². The number of likely N-dealkylation sites (N-methyl/N-ethyl adjacent to an activating group) is 1. The second-order valence-electron chi connectivity index (χ2n) is 6.83. The lowest BCUT2D eigenvalue weighted by Crippen LogP contribution is -2.35. The number of rotatable bonds is 5. The molecule has 146 valence electrons. The molecule has 0 bridgehead atoms. The van der Waals surface area contributed by atoms with Crippen molar-refractivity contribution < 1.29 is 14.7 Å². The van der Waals surface area contributed by atoms with Gasteiger partial charge in [-0.15, -0.1) is 0 Å². The SMILES string of the molecule is CN(C)CCN1C(=O)C(=O)/C(=C(/O)c2ccccc2)[C@H]1c1ccc(Cl)cc1Cl. The van der Waals surface area contributed by atoms with Gasteiger partial charge in [0.1, 0.15) is 5.76 Å². The molecule has 0 radical (unpaired) electrons. The van der Waals surface area contributed by atoms with Crippen molar-refractivity contribution in [2.24, 2.45) is 0 Å². The summed E-state index contributed by atoms with van der Waals surface area (Å²) < 4.78 is 0. The van der Waals surface area contributed by atoms with Gasteiger partial charge in [-0.05, 0) is 31.8 Å². The zero-order valence-corrected chi connectivity index (χ0v) is 17.0. The molecular formula is C21H20Cl2N2O3. The van der Waals surface area contributed by atoms with Crippen LogP contribution in [0, 0.1) is 0 Å². The summed E-state index contributed by atoms with van der Waals surface area (Å²) in [5.41, 5.74) is 1.03. The minimum Gasteiger partial charge on any atom is -0.507 e. The van der Waals surface area contributed by atoms with E-state index in [-0.39, 0.29) is 11.3 Å².